The number of rotatable bonds is 6. The molecule has 2 aliphatic heterocycles. The lowest BCUT2D eigenvalue weighted by Gasteiger charge is -2.43. The average molecular weight is 787 g/mol. The van der Waals surface area contributed by atoms with Crippen molar-refractivity contribution in [1.82, 2.24) is 0 Å². The maximum atomic E-state index is 2.58. The quantitative estimate of drug-likeness (QED) is 0.122. The van der Waals surface area contributed by atoms with E-state index in [9.17, 15) is 0 Å². The third-order valence-corrected chi connectivity index (χ3v) is 14.6. The van der Waals surface area contributed by atoms with Crippen LogP contribution in [0.5, 0.6) is 0 Å². The van der Waals surface area contributed by atoms with Crippen LogP contribution in [-0.2, 0) is 19.3 Å². The molecule has 0 spiro atoms. The smallest absolute Gasteiger partial charge is 0.264 e. The Morgan fingerprint density at radius 1 is 0.433 bits per heavy atom. The highest BCUT2D eigenvalue weighted by molar-refractivity contribution is 7.33. The van der Waals surface area contributed by atoms with E-state index in [2.05, 4.69) is 200 Å². The SMILES string of the molecule is CCc1ccc(N2c3cccc4c3B(c3cc(CC)ccc3N4c3ccccc3-c3ccc4c5ccccc5c5ccccc5c4c3)c3sc4ccc(CC)cc4c32)cc1. The molecule has 0 amide bonds. The fraction of sp³-hybridized carbons (Fsp3) is 0.107. The Morgan fingerprint density at radius 2 is 1.02 bits per heavy atom. The van der Waals surface area contributed by atoms with Gasteiger partial charge >= 0.3 is 0 Å². The molecule has 0 N–H and O–H groups in total. The number of para-hydroxylation sites is 1. The van der Waals surface area contributed by atoms with Gasteiger partial charge in [0.15, 0.2) is 0 Å². The van der Waals surface area contributed by atoms with Gasteiger partial charge in [-0.05, 0) is 139 Å². The van der Waals surface area contributed by atoms with Crippen molar-refractivity contribution >= 4 is 110 Å². The molecule has 0 fully saturated rings. The van der Waals surface area contributed by atoms with E-state index in [4.69, 9.17) is 0 Å². The van der Waals surface area contributed by atoms with Gasteiger partial charge in [0.05, 0.1) is 11.4 Å². The van der Waals surface area contributed by atoms with Gasteiger partial charge in [-0.2, -0.15) is 0 Å². The minimum atomic E-state index is 0.102. The van der Waals surface area contributed by atoms with Gasteiger partial charge < -0.3 is 9.80 Å². The molecule has 0 bridgehead atoms. The zero-order valence-corrected chi connectivity index (χ0v) is 35.0. The van der Waals surface area contributed by atoms with Crippen molar-refractivity contribution < 1.29 is 0 Å². The van der Waals surface area contributed by atoms with Gasteiger partial charge in [-0.1, -0.05) is 136 Å². The third-order valence-electron chi connectivity index (χ3n) is 13.3. The number of aryl methyl sites for hydroxylation is 3. The van der Waals surface area contributed by atoms with Crippen LogP contribution < -0.4 is 25.5 Å². The van der Waals surface area contributed by atoms with Crippen LogP contribution in [-0.4, -0.2) is 6.71 Å². The normalized spacial score (nSPS) is 13.0. The number of fused-ring (bicyclic) bond motifs is 12. The molecule has 0 atom stereocenters. The summed E-state index contributed by atoms with van der Waals surface area (Å²) < 4.78 is 2.77. The molecule has 0 saturated heterocycles. The molecule has 0 radical (unpaired) electrons. The Balaban J connectivity index is 1.13. The molecule has 2 aliphatic rings. The summed E-state index contributed by atoms with van der Waals surface area (Å²) in [5.74, 6) is 0. The average Bonchev–Trinajstić information content (AvgIpc) is 3.69. The van der Waals surface area contributed by atoms with E-state index in [0.717, 1.165) is 19.3 Å². The maximum Gasteiger partial charge on any atom is 0.264 e. The van der Waals surface area contributed by atoms with Gasteiger partial charge in [-0.3, -0.25) is 0 Å². The number of benzene rings is 9. The largest absolute Gasteiger partial charge is 0.311 e. The number of hydrogen-bond donors (Lipinski definition) is 0. The highest BCUT2D eigenvalue weighted by Crippen LogP contribution is 2.49. The minimum absolute atomic E-state index is 0.102. The second-order valence-corrected chi connectivity index (χ2v) is 17.5. The Morgan fingerprint density at radius 3 is 1.73 bits per heavy atom. The number of anilines is 6. The van der Waals surface area contributed by atoms with Crippen molar-refractivity contribution in [2.45, 2.75) is 40.0 Å². The van der Waals surface area contributed by atoms with E-state index in [-0.39, 0.29) is 6.71 Å². The molecule has 1 aromatic heterocycles. The molecule has 10 aromatic rings. The summed E-state index contributed by atoms with van der Waals surface area (Å²) in [6.45, 7) is 6.89. The first kappa shape index (κ1) is 35.3. The van der Waals surface area contributed by atoms with Crippen LogP contribution in [0.1, 0.15) is 37.5 Å². The first-order valence-corrected chi connectivity index (χ1v) is 22.4. The van der Waals surface area contributed by atoms with E-state index in [1.54, 1.807) is 0 Å². The molecule has 9 aromatic carbocycles. The zero-order valence-electron chi connectivity index (χ0n) is 34.2. The van der Waals surface area contributed by atoms with Crippen molar-refractivity contribution in [3.05, 3.63) is 187 Å². The Labute approximate surface area is 356 Å². The Bertz CT molecular complexity index is 3330. The standard InChI is InChI=1S/C56H43BN2S/c1-4-35-22-27-39(28-23-35)58-51-20-13-21-52-54(51)57(56-55(58)47-32-36(5-2)25-31-53(47)60-56)48-33-37(6-3)24-30-50(48)59(52)49-19-12-11-14-40(49)38-26-29-45-43-17-8-7-15-41(43)42-16-9-10-18-44(42)46(45)34-38/h7-34H,4-6H2,1-3H3. The summed E-state index contributed by atoms with van der Waals surface area (Å²) in [6.07, 6.45) is 3.02. The lowest BCUT2D eigenvalue weighted by molar-refractivity contribution is 1.13. The molecule has 286 valence electrons. The van der Waals surface area contributed by atoms with Crippen LogP contribution in [0.15, 0.2) is 170 Å². The van der Waals surface area contributed by atoms with Crippen LogP contribution in [0.4, 0.5) is 34.1 Å². The molecule has 12 rings (SSSR count). The van der Waals surface area contributed by atoms with Crippen molar-refractivity contribution in [2.75, 3.05) is 9.80 Å². The third kappa shape index (κ3) is 5.14. The van der Waals surface area contributed by atoms with E-state index < -0.39 is 0 Å². The van der Waals surface area contributed by atoms with E-state index in [1.165, 1.54) is 120 Å². The molecule has 0 aliphatic carbocycles. The van der Waals surface area contributed by atoms with Crippen molar-refractivity contribution in [2.24, 2.45) is 0 Å². The van der Waals surface area contributed by atoms with E-state index in [1.807, 2.05) is 11.3 Å². The van der Waals surface area contributed by atoms with Gasteiger partial charge in [0.25, 0.3) is 6.71 Å². The lowest BCUT2D eigenvalue weighted by Crippen LogP contribution is -2.60. The van der Waals surface area contributed by atoms with Crippen LogP contribution in [0.2, 0.25) is 0 Å². The first-order chi connectivity index (χ1) is 29.6. The van der Waals surface area contributed by atoms with Crippen molar-refractivity contribution in [1.29, 1.82) is 0 Å². The van der Waals surface area contributed by atoms with Crippen molar-refractivity contribution in [3.63, 3.8) is 0 Å². The lowest BCUT2D eigenvalue weighted by atomic mass is 9.36. The Hall–Kier alpha value is -6.62. The summed E-state index contributed by atoms with van der Waals surface area (Å²) >= 11 is 1.98. The molecule has 60 heavy (non-hydrogen) atoms. The van der Waals surface area contributed by atoms with Gasteiger partial charge in [-0.25, -0.2) is 0 Å². The molecule has 3 heterocycles. The van der Waals surface area contributed by atoms with Crippen LogP contribution in [0, 0.1) is 0 Å². The topological polar surface area (TPSA) is 6.48 Å². The summed E-state index contributed by atoms with van der Waals surface area (Å²) in [4.78, 5) is 5.16. The maximum absolute atomic E-state index is 2.58. The fourth-order valence-electron chi connectivity index (χ4n) is 10.4. The molecule has 0 saturated carbocycles. The summed E-state index contributed by atoms with van der Waals surface area (Å²) in [5, 5.41) is 9.11. The summed E-state index contributed by atoms with van der Waals surface area (Å²) in [6, 6.07) is 64.6. The number of hydrogen-bond acceptors (Lipinski definition) is 3. The van der Waals surface area contributed by atoms with E-state index >= 15 is 0 Å². The molecular formula is C56H43BN2S. The monoisotopic (exact) mass is 786 g/mol. The summed E-state index contributed by atoms with van der Waals surface area (Å²) in [7, 11) is 0. The van der Waals surface area contributed by atoms with Gasteiger partial charge in [0, 0.05) is 43.2 Å². The fourth-order valence-corrected chi connectivity index (χ4v) is 11.7. The minimum Gasteiger partial charge on any atom is -0.311 e. The first-order valence-electron chi connectivity index (χ1n) is 21.6. The highest BCUT2D eigenvalue weighted by Gasteiger charge is 2.45. The zero-order chi connectivity index (χ0) is 40.1. The van der Waals surface area contributed by atoms with Crippen LogP contribution in [0.25, 0.3) is 53.5 Å². The Kier molecular flexibility index (Phi) is 8.08. The summed E-state index contributed by atoms with van der Waals surface area (Å²) in [5.41, 5.74) is 16.8. The van der Waals surface area contributed by atoms with Gasteiger partial charge in [-0.15, -0.1) is 11.3 Å². The molecule has 4 heteroatoms. The number of nitrogens with zero attached hydrogens (tertiary/aromatic N) is 2. The molecular weight excluding hydrogens is 744 g/mol. The predicted octanol–water partition coefficient (Wildman–Crippen LogP) is 13.8. The van der Waals surface area contributed by atoms with Crippen molar-refractivity contribution in [3.8, 4) is 11.1 Å². The second kappa shape index (κ2) is 13.7. The molecule has 0 unspecified atom stereocenters. The highest BCUT2D eigenvalue weighted by atomic mass is 32.1. The van der Waals surface area contributed by atoms with Gasteiger partial charge in [0.2, 0.25) is 0 Å². The second-order valence-electron chi connectivity index (χ2n) is 16.4. The van der Waals surface area contributed by atoms with Crippen LogP contribution in [0.3, 0.4) is 0 Å². The van der Waals surface area contributed by atoms with Crippen LogP contribution >= 0.6 is 11.3 Å². The van der Waals surface area contributed by atoms with E-state index in [0.29, 0.717) is 0 Å². The number of thiophene rings is 1. The predicted molar refractivity (Wildman–Crippen MR) is 262 cm³/mol. The van der Waals surface area contributed by atoms with Gasteiger partial charge in [0.1, 0.15) is 0 Å². The molecule has 2 nitrogen and oxygen atoms in total.